The first-order valence-corrected chi connectivity index (χ1v) is 21.2. The van der Waals surface area contributed by atoms with Gasteiger partial charge in [0.25, 0.3) is 0 Å². The summed E-state index contributed by atoms with van der Waals surface area (Å²) in [5, 5.41) is 3.61. The standard InChI is InChI=1S/C42H84N2O3/c1-5-8-11-14-19-26-33-40(4)47-42(46)35-28-21-18-23-30-37-43-36-29-22-17-20-27-34-41(45)44(38-31-24-15-12-9-6-2)39-32-25-16-13-10-7-3/h40,43H,5-39H2,1-4H3. The fourth-order valence-electron chi connectivity index (χ4n) is 6.47. The van der Waals surface area contributed by atoms with Crippen molar-refractivity contribution in [2.45, 2.75) is 233 Å². The largest absolute Gasteiger partial charge is 0.463 e. The lowest BCUT2D eigenvalue weighted by molar-refractivity contribution is -0.148. The zero-order chi connectivity index (χ0) is 34.5. The predicted molar refractivity (Wildman–Crippen MR) is 205 cm³/mol. The van der Waals surface area contributed by atoms with E-state index in [1.807, 2.05) is 6.92 Å². The highest BCUT2D eigenvalue weighted by molar-refractivity contribution is 5.76. The second-order valence-corrected chi connectivity index (χ2v) is 14.6. The maximum atomic E-state index is 13.0. The molecule has 0 aromatic rings. The van der Waals surface area contributed by atoms with Crippen molar-refractivity contribution >= 4 is 11.9 Å². The van der Waals surface area contributed by atoms with Crippen LogP contribution in [-0.4, -0.2) is 49.1 Å². The topological polar surface area (TPSA) is 58.6 Å². The van der Waals surface area contributed by atoms with Crippen LogP contribution in [0.2, 0.25) is 0 Å². The smallest absolute Gasteiger partial charge is 0.306 e. The second-order valence-electron chi connectivity index (χ2n) is 14.6. The lowest BCUT2D eigenvalue weighted by atomic mass is 10.1. The van der Waals surface area contributed by atoms with Crippen LogP contribution in [0.25, 0.3) is 0 Å². The van der Waals surface area contributed by atoms with Gasteiger partial charge in [0.1, 0.15) is 0 Å². The molecule has 0 heterocycles. The molecule has 1 atom stereocenters. The summed E-state index contributed by atoms with van der Waals surface area (Å²) in [6.45, 7) is 13.0. The predicted octanol–water partition coefficient (Wildman–Crippen LogP) is 12.5. The minimum Gasteiger partial charge on any atom is -0.463 e. The summed E-state index contributed by atoms with van der Waals surface area (Å²) in [4.78, 5) is 27.3. The van der Waals surface area contributed by atoms with E-state index in [-0.39, 0.29) is 12.1 Å². The summed E-state index contributed by atoms with van der Waals surface area (Å²) in [7, 11) is 0. The molecule has 5 nitrogen and oxygen atoms in total. The van der Waals surface area contributed by atoms with Crippen LogP contribution < -0.4 is 5.32 Å². The number of esters is 1. The molecule has 0 aromatic carbocycles. The molecular formula is C42H84N2O3. The zero-order valence-electron chi connectivity index (χ0n) is 32.5. The molecule has 0 aliphatic carbocycles. The molecule has 0 radical (unpaired) electrons. The van der Waals surface area contributed by atoms with Crippen LogP contribution in [-0.2, 0) is 14.3 Å². The van der Waals surface area contributed by atoms with E-state index >= 15 is 0 Å². The van der Waals surface area contributed by atoms with E-state index in [0.717, 1.165) is 58.3 Å². The first-order valence-electron chi connectivity index (χ1n) is 21.2. The third kappa shape index (κ3) is 34.6. The van der Waals surface area contributed by atoms with E-state index in [4.69, 9.17) is 4.74 Å². The number of hydrogen-bond acceptors (Lipinski definition) is 4. The molecule has 0 aliphatic heterocycles. The molecule has 280 valence electrons. The van der Waals surface area contributed by atoms with Gasteiger partial charge in [-0.2, -0.15) is 0 Å². The maximum absolute atomic E-state index is 13.0. The monoisotopic (exact) mass is 665 g/mol. The molecule has 0 saturated heterocycles. The van der Waals surface area contributed by atoms with Gasteiger partial charge in [0.2, 0.25) is 5.91 Å². The van der Waals surface area contributed by atoms with Crippen molar-refractivity contribution < 1.29 is 14.3 Å². The lowest BCUT2D eigenvalue weighted by Crippen LogP contribution is -2.32. The Balaban J connectivity index is 3.71. The first kappa shape index (κ1) is 45.9. The van der Waals surface area contributed by atoms with Gasteiger partial charge in [0.05, 0.1) is 6.10 Å². The molecular weight excluding hydrogens is 580 g/mol. The molecule has 0 bridgehead atoms. The Hall–Kier alpha value is -1.10. The van der Waals surface area contributed by atoms with Crippen molar-refractivity contribution in [1.29, 1.82) is 0 Å². The Morgan fingerprint density at radius 1 is 0.489 bits per heavy atom. The maximum Gasteiger partial charge on any atom is 0.306 e. The van der Waals surface area contributed by atoms with Gasteiger partial charge in [-0.15, -0.1) is 0 Å². The van der Waals surface area contributed by atoms with Crippen LogP contribution in [0.4, 0.5) is 0 Å². The van der Waals surface area contributed by atoms with Gasteiger partial charge in [-0.3, -0.25) is 9.59 Å². The fraction of sp³-hybridized carbons (Fsp3) is 0.952. The Morgan fingerprint density at radius 3 is 1.36 bits per heavy atom. The van der Waals surface area contributed by atoms with Crippen LogP contribution in [0.1, 0.15) is 227 Å². The van der Waals surface area contributed by atoms with E-state index < -0.39 is 0 Å². The summed E-state index contributed by atoms with van der Waals surface area (Å²) in [6.07, 6.45) is 37.3. The van der Waals surface area contributed by atoms with Crippen LogP contribution in [0.15, 0.2) is 0 Å². The molecule has 0 fully saturated rings. The second kappa shape index (κ2) is 37.7. The van der Waals surface area contributed by atoms with E-state index in [1.54, 1.807) is 0 Å². The van der Waals surface area contributed by atoms with Crippen molar-refractivity contribution in [3.8, 4) is 0 Å². The van der Waals surface area contributed by atoms with Gasteiger partial charge in [0, 0.05) is 25.9 Å². The molecule has 1 unspecified atom stereocenters. The molecule has 1 N–H and O–H groups in total. The average molecular weight is 665 g/mol. The number of carbonyl (C=O) groups is 2. The number of carbonyl (C=O) groups excluding carboxylic acids is 2. The minimum atomic E-state index is -0.00860. The van der Waals surface area contributed by atoms with Crippen LogP contribution in [0.3, 0.4) is 0 Å². The van der Waals surface area contributed by atoms with Gasteiger partial charge < -0.3 is 15.0 Å². The normalized spacial score (nSPS) is 12.0. The quantitative estimate of drug-likeness (QED) is 0.0527. The van der Waals surface area contributed by atoms with Gasteiger partial charge >= 0.3 is 5.97 Å². The van der Waals surface area contributed by atoms with E-state index in [9.17, 15) is 9.59 Å². The SMILES string of the molecule is CCCCCCCCC(C)OC(=O)CCCCCCCNCCCCCCCC(=O)N(CCCCCCCC)CCCCCCCC. The highest BCUT2D eigenvalue weighted by atomic mass is 16.5. The summed E-state index contributed by atoms with van der Waals surface area (Å²) < 4.78 is 5.60. The number of amides is 1. The van der Waals surface area contributed by atoms with E-state index in [1.165, 1.54) is 161 Å². The summed E-state index contributed by atoms with van der Waals surface area (Å²) in [5.41, 5.74) is 0. The molecule has 0 aromatic heterocycles. The van der Waals surface area contributed by atoms with E-state index in [0.29, 0.717) is 12.3 Å². The van der Waals surface area contributed by atoms with Crippen molar-refractivity contribution in [2.24, 2.45) is 0 Å². The van der Waals surface area contributed by atoms with Crippen molar-refractivity contribution in [2.75, 3.05) is 26.2 Å². The van der Waals surface area contributed by atoms with Gasteiger partial charge in [-0.05, 0) is 71.4 Å². The Bertz CT molecular complexity index is 640. The molecule has 47 heavy (non-hydrogen) atoms. The molecule has 0 aliphatic rings. The summed E-state index contributed by atoms with van der Waals surface area (Å²) in [6, 6.07) is 0. The Kier molecular flexibility index (Phi) is 36.8. The van der Waals surface area contributed by atoms with Crippen LogP contribution in [0.5, 0.6) is 0 Å². The number of rotatable bonds is 38. The third-order valence-corrected chi connectivity index (χ3v) is 9.69. The van der Waals surface area contributed by atoms with Crippen molar-refractivity contribution in [3.05, 3.63) is 0 Å². The summed E-state index contributed by atoms with van der Waals surface area (Å²) >= 11 is 0. The Labute approximate surface area is 294 Å². The molecule has 0 spiro atoms. The van der Waals surface area contributed by atoms with Gasteiger partial charge in [0.15, 0.2) is 0 Å². The van der Waals surface area contributed by atoms with Gasteiger partial charge in [-0.25, -0.2) is 0 Å². The van der Waals surface area contributed by atoms with Crippen molar-refractivity contribution in [1.82, 2.24) is 10.2 Å². The lowest BCUT2D eigenvalue weighted by Gasteiger charge is -2.23. The number of hydrogen-bond donors (Lipinski definition) is 1. The zero-order valence-corrected chi connectivity index (χ0v) is 32.5. The number of unbranched alkanes of at least 4 members (excludes halogenated alkanes) is 23. The fourth-order valence-corrected chi connectivity index (χ4v) is 6.47. The van der Waals surface area contributed by atoms with Gasteiger partial charge in [-0.1, -0.05) is 156 Å². The molecule has 5 heteroatoms. The average Bonchev–Trinajstić information content (AvgIpc) is 3.06. The number of nitrogens with zero attached hydrogens (tertiary/aromatic N) is 1. The Morgan fingerprint density at radius 2 is 0.872 bits per heavy atom. The third-order valence-electron chi connectivity index (χ3n) is 9.69. The van der Waals surface area contributed by atoms with Crippen LogP contribution in [0, 0.1) is 0 Å². The van der Waals surface area contributed by atoms with Crippen molar-refractivity contribution in [3.63, 3.8) is 0 Å². The van der Waals surface area contributed by atoms with Crippen LogP contribution >= 0.6 is 0 Å². The minimum absolute atomic E-state index is 0.00860. The first-order chi connectivity index (χ1) is 23.0. The highest BCUT2D eigenvalue weighted by Crippen LogP contribution is 2.14. The molecule has 1 amide bonds. The summed E-state index contributed by atoms with van der Waals surface area (Å²) in [5.74, 6) is 0.396. The molecule has 0 rings (SSSR count). The van der Waals surface area contributed by atoms with E-state index in [2.05, 4.69) is 31.0 Å². The molecule has 0 saturated carbocycles. The number of nitrogens with one attached hydrogen (secondary N) is 1. The highest BCUT2D eigenvalue weighted by Gasteiger charge is 2.13. The number of ether oxygens (including phenoxy) is 1.